The molecule has 0 bridgehead atoms. The van der Waals surface area contributed by atoms with Gasteiger partial charge in [-0.15, -0.1) is 0 Å². The Kier molecular flexibility index (Phi) is 5.73. The molecular formula is C15H23N3OS. The molecule has 1 aliphatic rings. The molecule has 1 heterocycles. The number of carbonyl (C=O) groups is 1. The lowest BCUT2D eigenvalue weighted by molar-refractivity contribution is 0.250. The molecule has 1 aromatic carbocycles. The fraction of sp³-hybridized carbons (Fsp3) is 0.533. The summed E-state index contributed by atoms with van der Waals surface area (Å²) < 4.78 is 0. The lowest BCUT2D eigenvalue weighted by Crippen LogP contribution is -2.33. The maximum Gasteiger partial charge on any atom is 0.319 e. The molecule has 110 valence electrons. The van der Waals surface area contributed by atoms with Gasteiger partial charge < -0.3 is 16.0 Å². The van der Waals surface area contributed by atoms with Crippen LogP contribution in [0, 0.1) is 5.92 Å². The van der Waals surface area contributed by atoms with Gasteiger partial charge >= 0.3 is 6.03 Å². The average molecular weight is 293 g/mol. The SMILES string of the molecule is CNC(C)c1ccc(NC(=O)NCC2CCSC2)cc1. The normalized spacial score (nSPS) is 19.6. The summed E-state index contributed by atoms with van der Waals surface area (Å²) >= 11 is 1.97. The summed E-state index contributed by atoms with van der Waals surface area (Å²) in [6, 6.07) is 8.14. The first-order valence-electron chi connectivity index (χ1n) is 7.09. The summed E-state index contributed by atoms with van der Waals surface area (Å²) in [4.78, 5) is 11.8. The molecule has 0 spiro atoms. The number of carbonyl (C=O) groups excluding carboxylic acids is 1. The second-order valence-electron chi connectivity index (χ2n) is 5.20. The number of anilines is 1. The molecule has 1 aromatic rings. The Labute approximate surface area is 125 Å². The number of amides is 2. The van der Waals surface area contributed by atoms with E-state index in [4.69, 9.17) is 0 Å². The van der Waals surface area contributed by atoms with Gasteiger partial charge in [0.2, 0.25) is 0 Å². The van der Waals surface area contributed by atoms with Crippen LogP contribution in [0.15, 0.2) is 24.3 Å². The monoisotopic (exact) mass is 293 g/mol. The van der Waals surface area contributed by atoms with E-state index in [1.54, 1.807) is 0 Å². The van der Waals surface area contributed by atoms with Crippen molar-refractivity contribution in [2.24, 2.45) is 5.92 Å². The minimum Gasteiger partial charge on any atom is -0.338 e. The zero-order valence-corrected chi connectivity index (χ0v) is 12.9. The molecule has 2 rings (SSSR count). The first-order chi connectivity index (χ1) is 9.69. The van der Waals surface area contributed by atoms with Gasteiger partial charge in [-0.1, -0.05) is 12.1 Å². The van der Waals surface area contributed by atoms with E-state index < -0.39 is 0 Å². The summed E-state index contributed by atoms with van der Waals surface area (Å²) in [7, 11) is 1.94. The van der Waals surface area contributed by atoms with Gasteiger partial charge in [0.25, 0.3) is 0 Å². The number of benzene rings is 1. The predicted octanol–water partition coefficient (Wildman–Crippen LogP) is 2.84. The highest BCUT2D eigenvalue weighted by Gasteiger charge is 2.16. The van der Waals surface area contributed by atoms with Crippen molar-refractivity contribution >= 4 is 23.5 Å². The summed E-state index contributed by atoms with van der Waals surface area (Å²) in [5.74, 6) is 3.01. The fourth-order valence-electron chi connectivity index (χ4n) is 2.18. The van der Waals surface area contributed by atoms with E-state index in [9.17, 15) is 4.79 Å². The molecule has 0 aliphatic carbocycles. The molecule has 1 saturated heterocycles. The van der Waals surface area contributed by atoms with Gasteiger partial charge in [0.15, 0.2) is 0 Å². The lowest BCUT2D eigenvalue weighted by atomic mass is 10.1. The first-order valence-corrected chi connectivity index (χ1v) is 8.24. The summed E-state index contributed by atoms with van der Waals surface area (Å²) in [5.41, 5.74) is 2.04. The van der Waals surface area contributed by atoms with Gasteiger partial charge in [-0.05, 0) is 55.5 Å². The first kappa shape index (κ1) is 15.2. The summed E-state index contributed by atoms with van der Waals surface area (Å²) in [6.07, 6.45) is 1.21. The second kappa shape index (κ2) is 7.55. The van der Waals surface area contributed by atoms with Gasteiger partial charge in [0.1, 0.15) is 0 Å². The smallest absolute Gasteiger partial charge is 0.319 e. The van der Waals surface area contributed by atoms with E-state index in [0.717, 1.165) is 18.0 Å². The highest BCUT2D eigenvalue weighted by atomic mass is 32.2. The third kappa shape index (κ3) is 4.42. The maximum absolute atomic E-state index is 11.8. The van der Waals surface area contributed by atoms with Crippen LogP contribution in [0.2, 0.25) is 0 Å². The molecular weight excluding hydrogens is 270 g/mol. The van der Waals surface area contributed by atoms with Crippen molar-refractivity contribution in [2.75, 3.05) is 30.4 Å². The van der Waals surface area contributed by atoms with Gasteiger partial charge in [0, 0.05) is 18.3 Å². The maximum atomic E-state index is 11.8. The van der Waals surface area contributed by atoms with E-state index >= 15 is 0 Å². The molecule has 2 unspecified atom stereocenters. The third-order valence-corrected chi connectivity index (χ3v) is 4.91. The highest BCUT2D eigenvalue weighted by Crippen LogP contribution is 2.22. The number of rotatable bonds is 5. The van der Waals surface area contributed by atoms with Crippen molar-refractivity contribution in [3.8, 4) is 0 Å². The quantitative estimate of drug-likeness (QED) is 0.782. The summed E-state index contributed by atoms with van der Waals surface area (Å²) in [5, 5.41) is 9.01. The van der Waals surface area contributed by atoms with Crippen molar-refractivity contribution < 1.29 is 4.79 Å². The Morgan fingerprint density at radius 2 is 2.15 bits per heavy atom. The molecule has 1 aliphatic heterocycles. The number of hydrogen-bond donors (Lipinski definition) is 3. The zero-order valence-electron chi connectivity index (χ0n) is 12.1. The summed E-state index contributed by atoms with van der Waals surface area (Å²) in [6.45, 7) is 2.88. The number of urea groups is 1. The highest BCUT2D eigenvalue weighted by molar-refractivity contribution is 7.99. The van der Waals surface area contributed by atoms with E-state index in [1.807, 2.05) is 43.1 Å². The molecule has 4 nitrogen and oxygen atoms in total. The van der Waals surface area contributed by atoms with E-state index in [2.05, 4.69) is 22.9 Å². The molecule has 3 N–H and O–H groups in total. The van der Waals surface area contributed by atoms with Crippen LogP contribution in [0.5, 0.6) is 0 Å². The minimum absolute atomic E-state index is 0.115. The van der Waals surface area contributed by atoms with Crippen molar-refractivity contribution in [1.29, 1.82) is 0 Å². The Balaban J connectivity index is 1.78. The van der Waals surface area contributed by atoms with Crippen molar-refractivity contribution in [1.82, 2.24) is 10.6 Å². The number of hydrogen-bond acceptors (Lipinski definition) is 3. The Morgan fingerprint density at radius 1 is 1.40 bits per heavy atom. The van der Waals surface area contributed by atoms with Crippen molar-refractivity contribution in [3.63, 3.8) is 0 Å². The second-order valence-corrected chi connectivity index (χ2v) is 6.35. The van der Waals surface area contributed by atoms with Crippen LogP contribution in [-0.4, -0.2) is 31.1 Å². The van der Waals surface area contributed by atoms with Crippen molar-refractivity contribution in [2.45, 2.75) is 19.4 Å². The van der Waals surface area contributed by atoms with Crippen LogP contribution in [0.4, 0.5) is 10.5 Å². The van der Waals surface area contributed by atoms with Crippen LogP contribution in [0.25, 0.3) is 0 Å². The Morgan fingerprint density at radius 3 is 2.75 bits per heavy atom. The fourth-order valence-corrected chi connectivity index (χ4v) is 3.46. The van der Waals surface area contributed by atoms with Gasteiger partial charge in [0.05, 0.1) is 0 Å². The minimum atomic E-state index is -0.115. The Bertz CT molecular complexity index is 429. The predicted molar refractivity (Wildman–Crippen MR) is 86.4 cm³/mol. The largest absolute Gasteiger partial charge is 0.338 e. The number of thioether (sulfide) groups is 1. The molecule has 1 fully saturated rings. The van der Waals surface area contributed by atoms with Gasteiger partial charge in [-0.25, -0.2) is 4.79 Å². The van der Waals surface area contributed by atoms with Crippen LogP contribution in [0.1, 0.15) is 24.9 Å². The van der Waals surface area contributed by atoms with E-state index in [0.29, 0.717) is 12.0 Å². The molecule has 0 radical (unpaired) electrons. The molecule has 0 aromatic heterocycles. The third-order valence-electron chi connectivity index (χ3n) is 3.68. The zero-order chi connectivity index (χ0) is 14.4. The van der Waals surface area contributed by atoms with Crippen LogP contribution >= 0.6 is 11.8 Å². The Hall–Kier alpha value is -1.20. The van der Waals surface area contributed by atoms with Gasteiger partial charge in [-0.2, -0.15) is 11.8 Å². The number of nitrogens with one attached hydrogen (secondary N) is 3. The van der Waals surface area contributed by atoms with Crippen LogP contribution in [0.3, 0.4) is 0 Å². The van der Waals surface area contributed by atoms with E-state index in [1.165, 1.54) is 17.7 Å². The lowest BCUT2D eigenvalue weighted by Gasteiger charge is -2.13. The average Bonchev–Trinajstić information content (AvgIpc) is 2.98. The van der Waals surface area contributed by atoms with Crippen LogP contribution in [-0.2, 0) is 0 Å². The molecule has 20 heavy (non-hydrogen) atoms. The van der Waals surface area contributed by atoms with Gasteiger partial charge in [-0.3, -0.25) is 0 Å². The molecule has 2 amide bonds. The topological polar surface area (TPSA) is 53.2 Å². The molecule has 2 atom stereocenters. The molecule has 0 saturated carbocycles. The van der Waals surface area contributed by atoms with E-state index in [-0.39, 0.29) is 6.03 Å². The standard InChI is InChI=1S/C15H23N3OS/c1-11(16-2)13-3-5-14(6-4-13)18-15(19)17-9-12-7-8-20-10-12/h3-6,11-12,16H,7-10H2,1-2H3,(H2,17,18,19). The van der Waals surface area contributed by atoms with Crippen LogP contribution < -0.4 is 16.0 Å². The molecule has 5 heteroatoms. The van der Waals surface area contributed by atoms with Crippen molar-refractivity contribution in [3.05, 3.63) is 29.8 Å².